The second-order valence-corrected chi connectivity index (χ2v) is 8.88. The molecular weight excluding hydrogens is 423 g/mol. The van der Waals surface area contributed by atoms with Crippen LogP contribution in [0.5, 0.6) is 0 Å². The van der Waals surface area contributed by atoms with Gasteiger partial charge in [0.05, 0.1) is 31.0 Å². The molecule has 0 unspecified atom stereocenters. The van der Waals surface area contributed by atoms with Crippen LogP contribution in [-0.4, -0.2) is 60.4 Å². The van der Waals surface area contributed by atoms with Crippen molar-refractivity contribution in [2.45, 2.75) is 25.0 Å². The summed E-state index contributed by atoms with van der Waals surface area (Å²) in [5.41, 5.74) is 3.68. The van der Waals surface area contributed by atoms with Crippen molar-refractivity contribution in [2.24, 2.45) is 0 Å². The third-order valence-corrected chi connectivity index (χ3v) is 6.54. The molecule has 0 radical (unpaired) electrons. The molecule has 3 aliphatic rings. The number of rotatable bonds is 4. The van der Waals surface area contributed by atoms with Gasteiger partial charge < -0.3 is 15.0 Å². The van der Waals surface area contributed by atoms with Crippen LogP contribution in [0.4, 0.5) is 25.4 Å². The molecule has 5 rings (SSSR count). The molecule has 3 heterocycles. The van der Waals surface area contributed by atoms with Crippen LogP contribution < -0.4 is 20.5 Å². The lowest BCUT2D eigenvalue weighted by atomic mass is 10.2. The molecule has 2 aromatic rings. The Balaban J connectivity index is 1.20. The summed E-state index contributed by atoms with van der Waals surface area (Å²) < 4.78 is 20.4. The van der Waals surface area contributed by atoms with Gasteiger partial charge >= 0.3 is 12.1 Å². The molecule has 3 amide bonds. The zero-order chi connectivity index (χ0) is 21.4. The number of anilines is 2. The Morgan fingerprint density at radius 3 is 2.90 bits per heavy atom. The molecule has 2 saturated heterocycles. The van der Waals surface area contributed by atoms with Crippen molar-refractivity contribution in [3.63, 3.8) is 0 Å². The van der Waals surface area contributed by atoms with E-state index in [-0.39, 0.29) is 11.6 Å². The molecule has 1 aromatic heterocycles. The lowest BCUT2D eigenvalue weighted by Gasteiger charge is -2.24. The highest BCUT2D eigenvalue weighted by molar-refractivity contribution is 7.09. The molecule has 31 heavy (non-hydrogen) atoms. The van der Waals surface area contributed by atoms with Crippen molar-refractivity contribution in [3.8, 4) is 0 Å². The van der Waals surface area contributed by atoms with Gasteiger partial charge in [0.2, 0.25) is 0 Å². The molecule has 1 aliphatic carbocycles. The van der Waals surface area contributed by atoms with E-state index in [1.54, 1.807) is 18.3 Å². The van der Waals surface area contributed by atoms with E-state index in [1.165, 1.54) is 27.3 Å². The number of carbonyl (C=O) groups is 2. The van der Waals surface area contributed by atoms with Crippen molar-refractivity contribution in [1.82, 2.24) is 20.7 Å². The number of benzene rings is 1. The predicted molar refractivity (Wildman–Crippen MR) is 113 cm³/mol. The predicted octanol–water partition coefficient (Wildman–Crippen LogP) is 2.31. The van der Waals surface area contributed by atoms with E-state index in [1.807, 2.05) is 10.3 Å². The van der Waals surface area contributed by atoms with Crippen LogP contribution in [0.15, 0.2) is 29.8 Å². The van der Waals surface area contributed by atoms with Gasteiger partial charge in [0.25, 0.3) is 0 Å². The van der Waals surface area contributed by atoms with Crippen LogP contribution >= 0.6 is 11.3 Å². The average molecular weight is 447 g/mol. The van der Waals surface area contributed by atoms with Gasteiger partial charge in [0.1, 0.15) is 16.4 Å². The SMILES string of the molecule is O=C(NCc1nccs1)N1CCN(c2ccc(N3CC4(CC4)OC3=O)cc2F)CCN1. The fraction of sp³-hybridized carbons (Fsp3) is 0.450. The average Bonchev–Trinajstić information content (AvgIpc) is 3.25. The molecule has 11 heteroatoms. The van der Waals surface area contributed by atoms with Crippen LogP contribution in [0.1, 0.15) is 17.8 Å². The minimum absolute atomic E-state index is 0.241. The minimum atomic E-state index is -0.414. The number of nitrogens with zero attached hydrogens (tertiary/aromatic N) is 4. The molecule has 1 spiro atoms. The van der Waals surface area contributed by atoms with Crippen LogP contribution in [0.3, 0.4) is 0 Å². The summed E-state index contributed by atoms with van der Waals surface area (Å²) in [6.45, 7) is 2.75. The van der Waals surface area contributed by atoms with Gasteiger partial charge in [-0.3, -0.25) is 9.91 Å². The topological polar surface area (TPSA) is 90.0 Å². The molecule has 0 bridgehead atoms. The zero-order valence-corrected chi connectivity index (χ0v) is 17.7. The van der Waals surface area contributed by atoms with Crippen molar-refractivity contribution in [1.29, 1.82) is 0 Å². The van der Waals surface area contributed by atoms with Crippen molar-refractivity contribution in [2.75, 3.05) is 42.5 Å². The van der Waals surface area contributed by atoms with Gasteiger partial charge in [-0.1, -0.05) is 0 Å². The van der Waals surface area contributed by atoms with Gasteiger partial charge in [0.15, 0.2) is 0 Å². The number of ether oxygens (including phenoxy) is 1. The Bertz CT molecular complexity index is 983. The Labute approximate surface area is 182 Å². The van der Waals surface area contributed by atoms with Crippen molar-refractivity contribution >= 4 is 34.8 Å². The number of amides is 3. The second kappa shape index (κ2) is 7.97. The largest absolute Gasteiger partial charge is 0.441 e. The lowest BCUT2D eigenvalue weighted by molar-refractivity contribution is 0.129. The van der Waals surface area contributed by atoms with Gasteiger partial charge in [-0.15, -0.1) is 11.3 Å². The number of urea groups is 1. The quantitative estimate of drug-likeness (QED) is 0.749. The summed E-state index contributed by atoms with van der Waals surface area (Å²) in [4.78, 5) is 32.1. The normalized spacial score (nSPS) is 20.0. The number of nitrogens with one attached hydrogen (secondary N) is 2. The van der Waals surface area contributed by atoms with Gasteiger partial charge in [0, 0.05) is 31.2 Å². The monoisotopic (exact) mass is 446 g/mol. The van der Waals surface area contributed by atoms with E-state index in [4.69, 9.17) is 4.74 Å². The van der Waals surface area contributed by atoms with Crippen LogP contribution in [0.25, 0.3) is 0 Å². The highest BCUT2D eigenvalue weighted by Crippen LogP contribution is 2.46. The first-order chi connectivity index (χ1) is 15.0. The van der Waals surface area contributed by atoms with Crippen LogP contribution in [0.2, 0.25) is 0 Å². The number of aromatic nitrogens is 1. The van der Waals surface area contributed by atoms with E-state index >= 15 is 0 Å². The van der Waals surface area contributed by atoms with E-state index in [0.29, 0.717) is 50.6 Å². The molecular formula is C20H23FN6O3S. The Hall–Kier alpha value is -2.92. The molecule has 2 aliphatic heterocycles. The summed E-state index contributed by atoms with van der Waals surface area (Å²) in [5.74, 6) is -0.399. The summed E-state index contributed by atoms with van der Waals surface area (Å²) in [5, 5.41) is 7.04. The summed E-state index contributed by atoms with van der Waals surface area (Å²) in [6.07, 6.45) is 3.02. The maximum atomic E-state index is 15.0. The van der Waals surface area contributed by atoms with Crippen LogP contribution in [0, 0.1) is 5.82 Å². The minimum Gasteiger partial charge on any atom is -0.441 e. The van der Waals surface area contributed by atoms with Crippen molar-refractivity contribution in [3.05, 3.63) is 40.6 Å². The smallest absolute Gasteiger partial charge is 0.415 e. The molecule has 1 saturated carbocycles. The maximum Gasteiger partial charge on any atom is 0.415 e. The summed E-state index contributed by atoms with van der Waals surface area (Å²) >= 11 is 1.48. The highest BCUT2D eigenvalue weighted by Gasteiger charge is 2.54. The van der Waals surface area contributed by atoms with Gasteiger partial charge in [-0.2, -0.15) is 0 Å². The van der Waals surface area contributed by atoms with E-state index in [0.717, 1.165) is 17.8 Å². The van der Waals surface area contributed by atoms with Crippen LogP contribution in [-0.2, 0) is 11.3 Å². The molecule has 1 aromatic carbocycles. The highest BCUT2D eigenvalue weighted by atomic mass is 32.1. The molecule has 3 fully saturated rings. The zero-order valence-electron chi connectivity index (χ0n) is 16.8. The molecule has 0 atom stereocenters. The second-order valence-electron chi connectivity index (χ2n) is 7.90. The standard InChI is InChI=1S/C20H23FN6O3S/c21-15-11-14(26-13-20(3-4-20)30-19(26)29)1-2-16(15)25-7-5-24-27(9-8-25)18(28)23-12-17-22-6-10-31-17/h1-2,6,10-11,24H,3-5,7-9,12-13H2,(H,23,28). The lowest BCUT2D eigenvalue weighted by Crippen LogP contribution is -2.48. The number of hydrazine groups is 1. The summed E-state index contributed by atoms with van der Waals surface area (Å²) in [6, 6.07) is 4.58. The Kier molecular flexibility index (Phi) is 5.14. The van der Waals surface area contributed by atoms with E-state index in [2.05, 4.69) is 15.7 Å². The first kappa shape index (κ1) is 20.0. The first-order valence-corrected chi connectivity index (χ1v) is 11.1. The fourth-order valence-electron chi connectivity index (χ4n) is 3.87. The number of halogens is 1. The Morgan fingerprint density at radius 1 is 1.32 bits per heavy atom. The Morgan fingerprint density at radius 2 is 2.19 bits per heavy atom. The van der Waals surface area contributed by atoms with E-state index in [9.17, 15) is 14.0 Å². The first-order valence-electron chi connectivity index (χ1n) is 10.3. The fourth-order valence-corrected chi connectivity index (χ4v) is 4.43. The maximum absolute atomic E-state index is 15.0. The van der Waals surface area contributed by atoms with Gasteiger partial charge in [-0.25, -0.2) is 24.4 Å². The summed E-state index contributed by atoms with van der Waals surface area (Å²) in [7, 11) is 0. The number of thiazole rings is 1. The number of hydrogen-bond donors (Lipinski definition) is 2. The van der Waals surface area contributed by atoms with Crippen molar-refractivity contribution < 1.29 is 18.7 Å². The third kappa shape index (κ3) is 4.15. The number of carbonyl (C=O) groups excluding carboxylic acids is 2. The number of hydrogen-bond acceptors (Lipinski definition) is 7. The molecule has 164 valence electrons. The molecule has 2 N–H and O–H groups in total. The van der Waals surface area contributed by atoms with Gasteiger partial charge in [-0.05, 0) is 31.0 Å². The third-order valence-electron chi connectivity index (χ3n) is 5.76. The molecule has 9 nitrogen and oxygen atoms in total. The van der Waals surface area contributed by atoms with E-state index < -0.39 is 11.9 Å².